The van der Waals surface area contributed by atoms with Gasteiger partial charge in [-0.25, -0.2) is 13.1 Å². The van der Waals surface area contributed by atoms with Crippen molar-refractivity contribution in [1.82, 2.24) is 15.1 Å². The molecule has 2 aromatic rings. The van der Waals surface area contributed by atoms with Gasteiger partial charge in [0, 0.05) is 11.1 Å². The van der Waals surface area contributed by atoms with Crippen LogP contribution in [0.25, 0.3) is 5.69 Å². The molecule has 1 amide bonds. The minimum absolute atomic E-state index is 0.00106. The van der Waals surface area contributed by atoms with Gasteiger partial charge in [-0.2, -0.15) is 5.10 Å². The number of amides is 1. The predicted octanol–water partition coefficient (Wildman–Crippen LogP) is 2.57. The molecule has 1 aromatic heterocycles. The minimum atomic E-state index is -3.04. The van der Waals surface area contributed by atoms with E-state index in [-0.39, 0.29) is 29.4 Å². The maximum atomic E-state index is 12.7. The molecule has 0 spiro atoms. The molecule has 1 saturated heterocycles. The van der Waals surface area contributed by atoms with Crippen molar-refractivity contribution in [2.75, 3.05) is 11.5 Å². The summed E-state index contributed by atoms with van der Waals surface area (Å²) in [6, 6.07) is 6.88. The number of nitrogens with one attached hydrogen (secondary N) is 1. The van der Waals surface area contributed by atoms with Gasteiger partial charge in [-0.15, -0.1) is 0 Å². The molecule has 1 aliphatic heterocycles. The van der Waals surface area contributed by atoms with Crippen LogP contribution < -0.4 is 5.32 Å². The van der Waals surface area contributed by atoms with Crippen LogP contribution in [0.3, 0.4) is 0 Å². The van der Waals surface area contributed by atoms with E-state index in [4.69, 9.17) is 11.6 Å². The Kier molecular flexibility index (Phi) is 4.88. The van der Waals surface area contributed by atoms with Crippen LogP contribution in [0.15, 0.2) is 30.5 Å². The van der Waals surface area contributed by atoms with E-state index in [2.05, 4.69) is 10.4 Å². The third kappa shape index (κ3) is 3.88. The molecule has 1 N–H and O–H groups in total. The number of hydrogen-bond donors (Lipinski definition) is 1. The maximum Gasteiger partial charge on any atom is 0.255 e. The summed E-state index contributed by atoms with van der Waals surface area (Å²) in [5.74, 6) is -0.0997. The first-order chi connectivity index (χ1) is 11.8. The number of carbonyl (C=O) groups is 1. The zero-order valence-corrected chi connectivity index (χ0v) is 15.6. The van der Waals surface area contributed by atoms with Crippen molar-refractivity contribution >= 4 is 27.3 Å². The lowest BCUT2D eigenvalue weighted by atomic mass is 10.0. The molecule has 6 nitrogen and oxygen atoms in total. The summed E-state index contributed by atoms with van der Waals surface area (Å²) in [6.45, 7) is 3.97. The largest absolute Gasteiger partial charge is 0.348 e. The van der Waals surface area contributed by atoms with Crippen molar-refractivity contribution in [3.63, 3.8) is 0 Å². The van der Waals surface area contributed by atoms with E-state index in [9.17, 15) is 13.2 Å². The smallest absolute Gasteiger partial charge is 0.255 e. The Morgan fingerprint density at radius 3 is 2.56 bits per heavy atom. The van der Waals surface area contributed by atoms with Gasteiger partial charge in [0.2, 0.25) is 0 Å². The highest BCUT2D eigenvalue weighted by molar-refractivity contribution is 7.91. The second kappa shape index (κ2) is 6.80. The molecule has 0 unspecified atom stereocenters. The van der Waals surface area contributed by atoms with E-state index < -0.39 is 9.84 Å². The molecule has 2 heterocycles. The summed E-state index contributed by atoms with van der Waals surface area (Å²) in [5.41, 5.74) is 2.06. The first kappa shape index (κ1) is 17.9. The highest BCUT2D eigenvalue weighted by Crippen LogP contribution is 2.24. The molecule has 0 radical (unpaired) electrons. The molecule has 0 aliphatic carbocycles. The van der Waals surface area contributed by atoms with Gasteiger partial charge < -0.3 is 5.32 Å². The van der Waals surface area contributed by atoms with E-state index >= 15 is 0 Å². The van der Waals surface area contributed by atoms with Crippen LogP contribution in [0.5, 0.6) is 0 Å². The quantitative estimate of drug-likeness (QED) is 0.882. The number of carbonyl (C=O) groups excluding carboxylic acids is 1. The number of hydrogen-bond acceptors (Lipinski definition) is 4. The number of benzene rings is 1. The van der Waals surface area contributed by atoms with Gasteiger partial charge in [-0.1, -0.05) is 25.4 Å². The van der Waals surface area contributed by atoms with E-state index in [0.29, 0.717) is 17.0 Å². The zero-order chi connectivity index (χ0) is 18.2. The molecule has 1 atom stereocenters. The summed E-state index contributed by atoms with van der Waals surface area (Å²) in [4.78, 5) is 12.7. The summed E-state index contributed by atoms with van der Waals surface area (Å²) in [5, 5.41) is 7.81. The second-order valence-electron chi connectivity index (χ2n) is 6.56. The maximum absolute atomic E-state index is 12.7. The van der Waals surface area contributed by atoms with Crippen LogP contribution in [0, 0.1) is 0 Å². The summed E-state index contributed by atoms with van der Waals surface area (Å²) < 4.78 is 24.9. The van der Waals surface area contributed by atoms with Crippen LogP contribution in [0.4, 0.5) is 0 Å². The zero-order valence-electron chi connectivity index (χ0n) is 14.1. The fourth-order valence-corrected chi connectivity index (χ4v) is 4.85. The standard InChI is InChI=1S/C17H20ClN3O3S/c1-11(2)16-15(17(22)20-13-7-8-25(23,24)10-13)9-19-21(16)14-5-3-12(18)4-6-14/h3-6,9,11,13H,7-8,10H2,1-2H3,(H,20,22)/t13-/m0/s1. The van der Waals surface area contributed by atoms with Gasteiger partial charge in [-0.3, -0.25) is 4.79 Å². The predicted molar refractivity (Wildman–Crippen MR) is 97.2 cm³/mol. The number of sulfone groups is 1. The topological polar surface area (TPSA) is 81.1 Å². The monoisotopic (exact) mass is 381 g/mol. The summed E-state index contributed by atoms with van der Waals surface area (Å²) in [7, 11) is -3.04. The number of aromatic nitrogens is 2. The van der Waals surface area contributed by atoms with Crippen LogP contribution in [0.1, 0.15) is 42.2 Å². The fraction of sp³-hybridized carbons (Fsp3) is 0.412. The number of rotatable bonds is 4. The third-order valence-electron chi connectivity index (χ3n) is 4.24. The average Bonchev–Trinajstić information content (AvgIpc) is 3.11. The Labute approximate surface area is 152 Å². The van der Waals surface area contributed by atoms with Crippen molar-refractivity contribution in [2.45, 2.75) is 32.2 Å². The van der Waals surface area contributed by atoms with Gasteiger partial charge in [0.05, 0.1) is 34.6 Å². The Bertz CT molecular complexity index is 888. The Balaban J connectivity index is 1.89. The molecule has 134 valence electrons. The van der Waals surface area contributed by atoms with Crippen molar-refractivity contribution in [2.24, 2.45) is 0 Å². The molecule has 0 saturated carbocycles. The van der Waals surface area contributed by atoms with Crippen LogP contribution >= 0.6 is 11.6 Å². The Morgan fingerprint density at radius 1 is 1.32 bits per heavy atom. The van der Waals surface area contributed by atoms with Gasteiger partial charge in [0.15, 0.2) is 9.84 Å². The van der Waals surface area contributed by atoms with E-state index in [0.717, 1.165) is 11.4 Å². The fourth-order valence-electron chi connectivity index (χ4n) is 3.05. The normalized spacial score (nSPS) is 19.3. The molecular formula is C17H20ClN3O3S. The van der Waals surface area contributed by atoms with Crippen molar-refractivity contribution in [1.29, 1.82) is 0 Å². The average molecular weight is 382 g/mol. The lowest BCUT2D eigenvalue weighted by molar-refractivity contribution is 0.0939. The molecule has 1 aromatic carbocycles. The molecule has 8 heteroatoms. The number of halogens is 1. The van der Waals surface area contributed by atoms with Gasteiger partial charge in [-0.05, 0) is 36.6 Å². The molecular weight excluding hydrogens is 362 g/mol. The van der Waals surface area contributed by atoms with Gasteiger partial charge in [0.25, 0.3) is 5.91 Å². The summed E-state index contributed by atoms with van der Waals surface area (Å²) in [6.07, 6.45) is 1.99. The molecule has 1 aliphatic rings. The van der Waals surface area contributed by atoms with Crippen LogP contribution in [-0.2, 0) is 9.84 Å². The van der Waals surface area contributed by atoms with Gasteiger partial charge in [0.1, 0.15) is 0 Å². The Hall–Kier alpha value is -1.86. The van der Waals surface area contributed by atoms with E-state index in [1.165, 1.54) is 6.20 Å². The summed E-state index contributed by atoms with van der Waals surface area (Å²) >= 11 is 5.93. The first-order valence-electron chi connectivity index (χ1n) is 8.12. The molecule has 3 rings (SSSR count). The molecule has 25 heavy (non-hydrogen) atoms. The van der Waals surface area contributed by atoms with Crippen LogP contribution in [-0.4, -0.2) is 41.7 Å². The second-order valence-corrected chi connectivity index (χ2v) is 9.22. The molecule has 1 fully saturated rings. The van der Waals surface area contributed by atoms with Crippen molar-refractivity contribution in [3.8, 4) is 5.69 Å². The highest BCUT2D eigenvalue weighted by Gasteiger charge is 2.30. The van der Waals surface area contributed by atoms with Crippen molar-refractivity contribution < 1.29 is 13.2 Å². The molecule has 0 bridgehead atoms. The highest BCUT2D eigenvalue weighted by atomic mass is 35.5. The number of nitrogens with zero attached hydrogens (tertiary/aromatic N) is 2. The lowest BCUT2D eigenvalue weighted by Gasteiger charge is -2.15. The third-order valence-corrected chi connectivity index (χ3v) is 6.26. The SMILES string of the molecule is CC(C)c1c(C(=O)N[C@H]2CCS(=O)(=O)C2)cnn1-c1ccc(Cl)cc1. The van der Waals surface area contributed by atoms with Gasteiger partial charge >= 0.3 is 0 Å². The lowest BCUT2D eigenvalue weighted by Crippen LogP contribution is -2.36. The first-order valence-corrected chi connectivity index (χ1v) is 10.3. The van der Waals surface area contributed by atoms with E-state index in [1.807, 2.05) is 26.0 Å². The van der Waals surface area contributed by atoms with Crippen molar-refractivity contribution in [3.05, 3.63) is 46.7 Å². The minimum Gasteiger partial charge on any atom is -0.348 e. The Morgan fingerprint density at radius 2 is 2.00 bits per heavy atom. The van der Waals surface area contributed by atoms with E-state index in [1.54, 1.807) is 16.8 Å². The van der Waals surface area contributed by atoms with Crippen LogP contribution in [0.2, 0.25) is 5.02 Å².